The average molecular weight is 485 g/mol. The van der Waals surface area contributed by atoms with Crippen LogP contribution in [-0.4, -0.2) is 26.4 Å². The van der Waals surface area contributed by atoms with Crippen LogP contribution >= 0.6 is 23.4 Å². The summed E-state index contributed by atoms with van der Waals surface area (Å²) in [7, 11) is 0. The topological polar surface area (TPSA) is 69.0 Å². The summed E-state index contributed by atoms with van der Waals surface area (Å²) in [4.78, 5) is 12.5. The number of anilines is 1. The lowest BCUT2D eigenvalue weighted by Crippen LogP contribution is -2.19. The van der Waals surface area contributed by atoms with Gasteiger partial charge in [-0.25, -0.2) is 0 Å². The van der Waals surface area contributed by atoms with Crippen LogP contribution in [0, 0.1) is 13.8 Å². The molecular weight excluding hydrogens is 456 g/mol. The van der Waals surface area contributed by atoms with Gasteiger partial charge in [-0.1, -0.05) is 60.3 Å². The third-order valence-corrected chi connectivity index (χ3v) is 7.21. The number of nitrogens with zero attached hydrogens (tertiary/aromatic N) is 3. The SMILES string of the molecule is Cc1ccc(NC(=O)CSc2nnc(COc3ccc(Cl)c(C)c3)n2C2CCCCC2)cc1. The summed E-state index contributed by atoms with van der Waals surface area (Å²) < 4.78 is 8.20. The Morgan fingerprint density at radius 1 is 1.12 bits per heavy atom. The van der Waals surface area contributed by atoms with E-state index >= 15 is 0 Å². The van der Waals surface area contributed by atoms with E-state index in [4.69, 9.17) is 16.3 Å². The largest absolute Gasteiger partial charge is 0.486 e. The molecule has 1 fully saturated rings. The van der Waals surface area contributed by atoms with Crippen molar-refractivity contribution in [3.63, 3.8) is 0 Å². The predicted octanol–water partition coefficient (Wildman–Crippen LogP) is 6.36. The molecule has 1 heterocycles. The zero-order chi connectivity index (χ0) is 23.2. The van der Waals surface area contributed by atoms with Crippen molar-refractivity contribution < 1.29 is 9.53 Å². The third-order valence-electron chi connectivity index (χ3n) is 5.84. The van der Waals surface area contributed by atoms with Crippen molar-refractivity contribution in [2.45, 2.75) is 63.8 Å². The summed E-state index contributed by atoms with van der Waals surface area (Å²) in [5.41, 5.74) is 2.93. The average Bonchev–Trinajstić information content (AvgIpc) is 3.23. The van der Waals surface area contributed by atoms with Crippen LogP contribution in [0.2, 0.25) is 5.02 Å². The first-order valence-electron chi connectivity index (χ1n) is 11.3. The van der Waals surface area contributed by atoms with Crippen LogP contribution in [0.5, 0.6) is 5.75 Å². The van der Waals surface area contributed by atoms with Gasteiger partial charge in [-0.05, 0) is 62.6 Å². The molecule has 1 N–H and O–H groups in total. The molecule has 0 aliphatic heterocycles. The molecule has 0 unspecified atom stereocenters. The number of aryl methyl sites for hydroxylation is 2. The second-order valence-corrected chi connectivity index (χ2v) is 9.81. The Kier molecular flexibility index (Phi) is 7.93. The quantitative estimate of drug-likeness (QED) is 0.376. The van der Waals surface area contributed by atoms with Crippen molar-refractivity contribution in [1.82, 2.24) is 14.8 Å². The van der Waals surface area contributed by atoms with Gasteiger partial charge in [0.15, 0.2) is 11.0 Å². The van der Waals surface area contributed by atoms with Gasteiger partial charge in [0.05, 0.1) is 5.75 Å². The molecule has 0 spiro atoms. The third kappa shape index (κ3) is 6.30. The minimum atomic E-state index is -0.0588. The zero-order valence-electron chi connectivity index (χ0n) is 19.0. The molecule has 8 heteroatoms. The van der Waals surface area contributed by atoms with Crippen molar-refractivity contribution in [3.05, 3.63) is 64.4 Å². The normalized spacial score (nSPS) is 14.3. The second kappa shape index (κ2) is 11.1. The zero-order valence-corrected chi connectivity index (χ0v) is 20.6. The van der Waals surface area contributed by atoms with Gasteiger partial charge < -0.3 is 10.1 Å². The molecule has 4 rings (SSSR count). The van der Waals surface area contributed by atoms with E-state index < -0.39 is 0 Å². The fourth-order valence-corrected chi connectivity index (χ4v) is 4.97. The summed E-state index contributed by atoms with van der Waals surface area (Å²) in [6.07, 6.45) is 5.83. The summed E-state index contributed by atoms with van der Waals surface area (Å²) >= 11 is 7.55. The number of thioether (sulfide) groups is 1. The minimum Gasteiger partial charge on any atom is -0.486 e. The maximum atomic E-state index is 12.5. The molecule has 1 aromatic heterocycles. The Labute approximate surface area is 204 Å². The predicted molar refractivity (Wildman–Crippen MR) is 133 cm³/mol. The van der Waals surface area contributed by atoms with Crippen LogP contribution in [0.25, 0.3) is 0 Å². The van der Waals surface area contributed by atoms with Crippen LogP contribution in [0.4, 0.5) is 5.69 Å². The van der Waals surface area contributed by atoms with Gasteiger partial charge in [0.1, 0.15) is 12.4 Å². The highest BCUT2D eigenvalue weighted by atomic mass is 35.5. The van der Waals surface area contributed by atoms with Crippen molar-refractivity contribution in [2.75, 3.05) is 11.1 Å². The first-order valence-corrected chi connectivity index (χ1v) is 12.7. The standard InChI is InChI=1S/C25H29ClN4O2S/c1-17-8-10-19(11-9-17)27-24(31)16-33-25-29-28-23(30(25)20-6-4-3-5-7-20)15-32-21-12-13-22(26)18(2)14-21/h8-14,20H,3-7,15-16H2,1-2H3,(H,27,31). The van der Waals surface area contributed by atoms with Gasteiger partial charge in [-0.2, -0.15) is 0 Å². The van der Waals surface area contributed by atoms with Crippen molar-refractivity contribution >= 4 is 35.0 Å². The minimum absolute atomic E-state index is 0.0588. The molecule has 1 aliphatic carbocycles. The summed E-state index contributed by atoms with van der Waals surface area (Å²) in [6.45, 7) is 4.30. The van der Waals surface area contributed by atoms with E-state index in [1.54, 1.807) is 0 Å². The maximum Gasteiger partial charge on any atom is 0.234 e. The number of nitrogens with one attached hydrogen (secondary N) is 1. The summed E-state index contributed by atoms with van der Waals surface area (Å²) in [5.74, 6) is 1.75. The van der Waals surface area contributed by atoms with Gasteiger partial charge in [-0.3, -0.25) is 9.36 Å². The number of hydrogen-bond acceptors (Lipinski definition) is 5. The first kappa shape index (κ1) is 23.6. The Balaban J connectivity index is 1.45. The van der Waals surface area contributed by atoms with Crippen LogP contribution in [0.15, 0.2) is 47.6 Å². The smallest absolute Gasteiger partial charge is 0.234 e. The molecule has 174 valence electrons. The van der Waals surface area contributed by atoms with Gasteiger partial charge in [-0.15, -0.1) is 10.2 Å². The van der Waals surface area contributed by atoms with E-state index in [1.165, 1.54) is 31.0 Å². The number of aromatic nitrogens is 3. The van der Waals surface area contributed by atoms with E-state index in [9.17, 15) is 4.79 Å². The van der Waals surface area contributed by atoms with Crippen LogP contribution < -0.4 is 10.1 Å². The number of rotatable bonds is 8. The summed E-state index contributed by atoms with van der Waals surface area (Å²) in [6, 6.07) is 13.8. The number of carbonyl (C=O) groups excluding carboxylic acids is 1. The highest BCUT2D eigenvalue weighted by Crippen LogP contribution is 2.33. The Bertz CT molecular complexity index is 1090. The lowest BCUT2D eigenvalue weighted by Gasteiger charge is -2.25. The molecule has 1 aliphatic rings. The van der Waals surface area contributed by atoms with Gasteiger partial charge in [0, 0.05) is 16.8 Å². The lowest BCUT2D eigenvalue weighted by molar-refractivity contribution is -0.113. The molecule has 0 saturated heterocycles. The maximum absolute atomic E-state index is 12.5. The fourth-order valence-electron chi connectivity index (χ4n) is 4.03. The molecule has 2 aromatic carbocycles. The number of amides is 1. The van der Waals surface area contributed by atoms with E-state index in [1.807, 2.05) is 56.3 Å². The fraction of sp³-hybridized carbons (Fsp3) is 0.400. The first-order chi connectivity index (χ1) is 16.0. The van der Waals surface area contributed by atoms with Crippen molar-refractivity contribution in [1.29, 1.82) is 0 Å². The van der Waals surface area contributed by atoms with Crippen LogP contribution in [0.3, 0.4) is 0 Å². The highest BCUT2D eigenvalue weighted by Gasteiger charge is 2.24. The Morgan fingerprint density at radius 3 is 2.61 bits per heavy atom. The Morgan fingerprint density at radius 2 is 1.88 bits per heavy atom. The van der Waals surface area contributed by atoms with E-state index in [0.717, 1.165) is 51.4 Å². The lowest BCUT2D eigenvalue weighted by atomic mass is 9.95. The van der Waals surface area contributed by atoms with Gasteiger partial charge in [0.25, 0.3) is 0 Å². The van der Waals surface area contributed by atoms with Gasteiger partial charge >= 0.3 is 0 Å². The molecule has 33 heavy (non-hydrogen) atoms. The van der Waals surface area contributed by atoms with Crippen molar-refractivity contribution in [3.8, 4) is 5.75 Å². The monoisotopic (exact) mass is 484 g/mol. The van der Waals surface area contributed by atoms with Crippen LogP contribution in [-0.2, 0) is 11.4 Å². The van der Waals surface area contributed by atoms with E-state index in [0.29, 0.717) is 12.6 Å². The van der Waals surface area contributed by atoms with Crippen molar-refractivity contribution in [2.24, 2.45) is 0 Å². The Hall–Kier alpha value is -2.51. The molecule has 0 radical (unpaired) electrons. The highest BCUT2D eigenvalue weighted by molar-refractivity contribution is 7.99. The van der Waals surface area contributed by atoms with E-state index in [-0.39, 0.29) is 11.7 Å². The second-order valence-electron chi connectivity index (χ2n) is 8.46. The number of ether oxygens (including phenoxy) is 1. The molecule has 6 nitrogen and oxygen atoms in total. The van der Waals surface area contributed by atoms with E-state index in [2.05, 4.69) is 20.1 Å². The number of carbonyl (C=O) groups is 1. The van der Waals surface area contributed by atoms with Crippen LogP contribution in [0.1, 0.15) is 55.1 Å². The molecule has 1 saturated carbocycles. The molecule has 3 aromatic rings. The molecule has 0 bridgehead atoms. The number of hydrogen-bond donors (Lipinski definition) is 1. The summed E-state index contributed by atoms with van der Waals surface area (Å²) in [5, 5.41) is 13.3. The molecular formula is C25H29ClN4O2S. The number of benzene rings is 2. The number of halogens is 1. The van der Waals surface area contributed by atoms with Gasteiger partial charge in [0.2, 0.25) is 5.91 Å². The molecule has 0 atom stereocenters. The molecule has 1 amide bonds.